The summed E-state index contributed by atoms with van der Waals surface area (Å²) in [5.74, 6) is -4.43. The number of hydrogen-bond donors (Lipinski definition) is 2. The molecule has 10 heteroatoms. The summed E-state index contributed by atoms with van der Waals surface area (Å²) >= 11 is 9.17. The van der Waals surface area contributed by atoms with Crippen LogP contribution in [0.15, 0.2) is 22.7 Å². The zero-order valence-corrected chi connectivity index (χ0v) is 15.2. The second kappa shape index (κ2) is 6.72. The minimum Gasteiger partial charge on any atom is -0.344 e. The fraction of sp³-hybridized carbons (Fsp3) is 0.267. The van der Waals surface area contributed by atoms with Crippen molar-refractivity contribution in [2.24, 2.45) is 5.92 Å². The van der Waals surface area contributed by atoms with Gasteiger partial charge in [0, 0.05) is 25.6 Å². The molecule has 132 valence electrons. The maximum Gasteiger partial charge on any atom is 0.237 e. The fourth-order valence-corrected chi connectivity index (χ4v) is 3.43. The molecule has 1 aliphatic heterocycles. The van der Waals surface area contributed by atoms with Crippen LogP contribution in [0.25, 0.3) is 0 Å². The van der Waals surface area contributed by atoms with Gasteiger partial charge in [-0.2, -0.15) is 5.10 Å². The molecule has 1 fully saturated rings. The van der Waals surface area contributed by atoms with Gasteiger partial charge in [-0.05, 0) is 28.1 Å². The van der Waals surface area contributed by atoms with E-state index in [1.54, 1.807) is 7.05 Å². The van der Waals surface area contributed by atoms with Crippen molar-refractivity contribution in [1.29, 1.82) is 0 Å². The van der Waals surface area contributed by atoms with Crippen molar-refractivity contribution in [3.63, 3.8) is 0 Å². The molecule has 1 saturated heterocycles. The Labute approximate surface area is 154 Å². The monoisotopic (exact) mass is 432 g/mol. The van der Waals surface area contributed by atoms with Gasteiger partial charge in [0.25, 0.3) is 0 Å². The highest BCUT2D eigenvalue weighted by Crippen LogP contribution is 2.38. The molecule has 1 aromatic carbocycles. The molecular formula is C15H12BrClF2N4O2. The lowest BCUT2D eigenvalue weighted by atomic mass is 9.91. The molecular weight excluding hydrogens is 422 g/mol. The normalized spacial score (nSPS) is 20.2. The molecule has 6 nitrogen and oxygen atoms in total. The minimum absolute atomic E-state index is 0.181. The second-order valence-electron chi connectivity index (χ2n) is 5.66. The van der Waals surface area contributed by atoms with Crippen molar-refractivity contribution in [3.8, 4) is 0 Å². The number of hydrogen-bond acceptors (Lipinski definition) is 3. The molecule has 2 aromatic rings. The smallest absolute Gasteiger partial charge is 0.237 e. The number of carbonyl (C=O) groups is 2. The first-order valence-electron chi connectivity index (χ1n) is 7.19. The van der Waals surface area contributed by atoms with E-state index in [1.165, 1.54) is 4.90 Å². The second-order valence-corrected chi connectivity index (χ2v) is 6.81. The summed E-state index contributed by atoms with van der Waals surface area (Å²) < 4.78 is 27.2. The van der Waals surface area contributed by atoms with Crippen molar-refractivity contribution in [3.05, 3.63) is 45.2 Å². The number of amides is 2. The van der Waals surface area contributed by atoms with Gasteiger partial charge < -0.3 is 10.2 Å². The third-order valence-corrected chi connectivity index (χ3v) is 5.35. The number of aromatic amines is 1. The first kappa shape index (κ1) is 17.8. The predicted octanol–water partition coefficient (Wildman–Crippen LogP) is 2.91. The van der Waals surface area contributed by atoms with Crippen molar-refractivity contribution in [1.82, 2.24) is 15.1 Å². The standard InChI is InChI=1S/C15H12BrClF2N4O2/c1-23-5-7(12-11(16)13(17)22-21-12)10(15(23)25)14(24)20-9-3-2-6(18)4-8(9)19/h2-4,7,10H,5H2,1H3,(H,20,24)(H,21,22)/t7-,10-/m0/s1. The van der Waals surface area contributed by atoms with Crippen molar-refractivity contribution in [2.75, 3.05) is 18.9 Å². The van der Waals surface area contributed by atoms with E-state index in [0.717, 1.165) is 12.1 Å². The Morgan fingerprint density at radius 2 is 2.20 bits per heavy atom. The van der Waals surface area contributed by atoms with Crippen LogP contribution in [0.5, 0.6) is 0 Å². The average Bonchev–Trinajstić information content (AvgIpc) is 3.03. The highest BCUT2D eigenvalue weighted by Gasteiger charge is 2.46. The molecule has 0 unspecified atom stereocenters. The van der Waals surface area contributed by atoms with Crippen LogP contribution in [0.1, 0.15) is 11.6 Å². The van der Waals surface area contributed by atoms with E-state index < -0.39 is 35.3 Å². The maximum absolute atomic E-state index is 13.8. The highest BCUT2D eigenvalue weighted by molar-refractivity contribution is 9.10. The molecule has 0 saturated carbocycles. The Hall–Kier alpha value is -2.00. The molecule has 2 N–H and O–H groups in total. The number of nitrogens with one attached hydrogen (secondary N) is 2. The summed E-state index contributed by atoms with van der Waals surface area (Å²) in [5.41, 5.74) is 0.302. The lowest BCUT2D eigenvalue weighted by Crippen LogP contribution is -2.33. The molecule has 2 atom stereocenters. The molecule has 25 heavy (non-hydrogen) atoms. The van der Waals surface area contributed by atoms with Gasteiger partial charge in [-0.1, -0.05) is 11.6 Å². The van der Waals surface area contributed by atoms with E-state index in [2.05, 4.69) is 31.4 Å². The molecule has 0 aliphatic carbocycles. The number of anilines is 1. The molecule has 0 bridgehead atoms. The van der Waals surface area contributed by atoms with Crippen LogP contribution in [-0.4, -0.2) is 40.5 Å². The van der Waals surface area contributed by atoms with E-state index in [4.69, 9.17) is 11.6 Å². The van der Waals surface area contributed by atoms with E-state index >= 15 is 0 Å². The number of nitrogens with zero attached hydrogens (tertiary/aromatic N) is 2. The highest BCUT2D eigenvalue weighted by atomic mass is 79.9. The SMILES string of the molecule is CN1C[C@H](c2[nH]nc(Cl)c2Br)[C@@H](C(=O)Nc2ccc(F)cc2F)C1=O. The number of H-pyrrole nitrogens is 1. The summed E-state index contributed by atoms with van der Waals surface area (Å²) in [6.07, 6.45) is 0. The third kappa shape index (κ3) is 3.25. The van der Waals surface area contributed by atoms with Gasteiger partial charge in [0.2, 0.25) is 11.8 Å². The Kier molecular flexibility index (Phi) is 4.79. The average molecular weight is 434 g/mol. The molecule has 2 amide bonds. The van der Waals surface area contributed by atoms with Crippen molar-refractivity contribution >= 4 is 45.0 Å². The number of aromatic nitrogens is 2. The van der Waals surface area contributed by atoms with Gasteiger partial charge in [0.15, 0.2) is 5.15 Å². The lowest BCUT2D eigenvalue weighted by molar-refractivity contribution is -0.135. The van der Waals surface area contributed by atoms with E-state index in [9.17, 15) is 18.4 Å². The van der Waals surface area contributed by atoms with E-state index in [0.29, 0.717) is 16.2 Å². The number of benzene rings is 1. The number of halogens is 4. The maximum atomic E-state index is 13.8. The molecule has 0 spiro atoms. The van der Waals surface area contributed by atoms with Gasteiger partial charge in [0.05, 0.1) is 15.9 Å². The van der Waals surface area contributed by atoms with Crippen LogP contribution in [0, 0.1) is 17.6 Å². The summed E-state index contributed by atoms with van der Waals surface area (Å²) in [4.78, 5) is 26.4. The van der Waals surface area contributed by atoms with Gasteiger partial charge >= 0.3 is 0 Å². The molecule has 0 radical (unpaired) electrons. The first-order valence-corrected chi connectivity index (χ1v) is 8.37. The van der Waals surface area contributed by atoms with Crippen molar-refractivity contribution < 1.29 is 18.4 Å². The topological polar surface area (TPSA) is 78.1 Å². The minimum atomic E-state index is -1.10. The number of rotatable bonds is 3. The largest absolute Gasteiger partial charge is 0.344 e. The molecule has 2 heterocycles. The Morgan fingerprint density at radius 3 is 2.80 bits per heavy atom. The Bertz CT molecular complexity index is 860. The summed E-state index contributed by atoms with van der Waals surface area (Å²) in [6.45, 7) is 0.264. The predicted molar refractivity (Wildman–Crippen MR) is 90.2 cm³/mol. The van der Waals surface area contributed by atoms with Crippen LogP contribution in [0.3, 0.4) is 0 Å². The van der Waals surface area contributed by atoms with E-state index in [1.807, 2.05) is 0 Å². The van der Waals surface area contributed by atoms with Crippen LogP contribution >= 0.6 is 27.5 Å². The number of likely N-dealkylation sites (N-methyl/N-ethyl adjacent to an activating group) is 1. The van der Waals surface area contributed by atoms with Gasteiger partial charge in [-0.15, -0.1) is 0 Å². The zero-order chi connectivity index (χ0) is 18.3. The summed E-state index contributed by atoms with van der Waals surface area (Å²) in [5, 5.41) is 9.08. The van der Waals surface area contributed by atoms with Crippen LogP contribution < -0.4 is 5.32 Å². The van der Waals surface area contributed by atoms with Gasteiger partial charge in [0.1, 0.15) is 17.6 Å². The molecule has 3 rings (SSSR count). The first-order chi connectivity index (χ1) is 11.8. The van der Waals surface area contributed by atoms with Gasteiger partial charge in [-0.25, -0.2) is 8.78 Å². The Morgan fingerprint density at radius 1 is 1.48 bits per heavy atom. The number of likely N-dealkylation sites (tertiary alicyclic amines) is 1. The van der Waals surface area contributed by atoms with Gasteiger partial charge in [-0.3, -0.25) is 14.7 Å². The van der Waals surface area contributed by atoms with E-state index in [-0.39, 0.29) is 17.4 Å². The van der Waals surface area contributed by atoms with Crippen LogP contribution in [0.4, 0.5) is 14.5 Å². The lowest BCUT2D eigenvalue weighted by Gasteiger charge is -2.16. The van der Waals surface area contributed by atoms with Crippen molar-refractivity contribution in [2.45, 2.75) is 5.92 Å². The Balaban J connectivity index is 1.90. The summed E-state index contributed by atoms with van der Waals surface area (Å²) in [6, 6.07) is 2.77. The quantitative estimate of drug-likeness (QED) is 0.731. The van der Waals surface area contributed by atoms with Crippen LogP contribution in [-0.2, 0) is 9.59 Å². The fourth-order valence-electron chi connectivity index (χ4n) is 2.82. The zero-order valence-electron chi connectivity index (χ0n) is 12.8. The molecule has 1 aliphatic rings. The summed E-state index contributed by atoms with van der Waals surface area (Å²) in [7, 11) is 1.56. The number of carbonyl (C=O) groups excluding carboxylic acids is 2. The third-order valence-electron chi connectivity index (χ3n) is 4.05. The van der Waals surface area contributed by atoms with Crippen LogP contribution in [0.2, 0.25) is 5.15 Å². The molecule has 1 aromatic heterocycles.